The average molecular weight is 447 g/mol. The molecule has 11 heteroatoms. The van der Waals surface area contributed by atoms with Crippen molar-refractivity contribution in [3.63, 3.8) is 0 Å². The molecule has 1 heterocycles. The molecule has 0 saturated carbocycles. The standard InChI is InChI=1S/C20H21N3O7S/c1-13(24)21-16(20(26)27)9-15-7-8-17(23-11-19(25)22-31(23,28)29)18(10-15)30-12-14-5-3-2-4-6-14/h2-8,10,16H,9,11-12H2,1H3,(H,21,24)(H,22,25)(H,26,27)/t16-/m0/s1. The van der Waals surface area contributed by atoms with Crippen LogP contribution in [0.3, 0.4) is 0 Å². The molecule has 3 N–H and O–H groups in total. The number of aliphatic carboxylic acids is 1. The largest absolute Gasteiger partial charge is 0.487 e. The molecule has 31 heavy (non-hydrogen) atoms. The van der Waals surface area contributed by atoms with Crippen molar-refractivity contribution in [1.82, 2.24) is 10.0 Å². The van der Waals surface area contributed by atoms with E-state index in [2.05, 4.69) is 5.32 Å². The van der Waals surface area contributed by atoms with Gasteiger partial charge in [0, 0.05) is 13.3 Å². The van der Waals surface area contributed by atoms with E-state index in [9.17, 15) is 27.9 Å². The van der Waals surface area contributed by atoms with Crippen molar-refractivity contribution < 1.29 is 32.6 Å². The number of carbonyl (C=O) groups excluding carboxylic acids is 2. The van der Waals surface area contributed by atoms with Crippen molar-refractivity contribution in [2.45, 2.75) is 26.0 Å². The second-order valence-corrected chi connectivity index (χ2v) is 8.50. The highest BCUT2D eigenvalue weighted by molar-refractivity contribution is 7.92. The van der Waals surface area contributed by atoms with Crippen molar-refractivity contribution in [3.8, 4) is 5.75 Å². The van der Waals surface area contributed by atoms with Gasteiger partial charge in [-0.25, -0.2) is 13.8 Å². The van der Waals surface area contributed by atoms with Gasteiger partial charge in [-0.3, -0.25) is 9.59 Å². The normalized spacial score (nSPS) is 15.8. The maximum atomic E-state index is 12.3. The van der Waals surface area contributed by atoms with Crippen molar-refractivity contribution >= 4 is 33.7 Å². The number of carboxylic acid groups (broad SMARTS) is 1. The molecule has 1 aliphatic heterocycles. The molecule has 0 radical (unpaired) electrons. The molecule has 0 aromatic heterocycles. The van der Waals surface area contributed by atoms with Crippen LogP contribution in [0.25, 0.3) is 0 Å². The fourth-order valence-corrected chi connectivity index (χ4v) is 4.24. The van der Waals surface area contributed by atoms with Crippen LogP contribution < -0.4 is 19.1 Å². The molecule has 0 unspecified atom stereocenters. The number of anilines is 1. The molecule has 3 rings (SSSR count). The topological polar surface area (TPSA) is 142 Å². The van der Waals surface area contributed by atoms with Gasteiger partial charge >= 0.3 is 16.2 Å². The third-order valence-corrected chi connectivity index (χ3v) is 5.86. The number of benzene rings is 2. The number of carboxylic acids is 1. The number of rotatable bonds is 8. The van der Waals surface area contributed by atoms with E-state index >= 15 is 0 Å². The van der Waals surface area contributed by atoms with Crippen LogP contribution in [0, 0.1) is 0 Å². The van der Waals surface area contributed by atoms with Gasteiger partial charge in [0.1, 0.15) is 24.9 Å². The Hall–Kier alpha value is -3.60. The van der Waals surface area contributed by atoms with Crippen LogP contribution in [0.4, 0.5) is 5.69 Å². The average Bonchev–Trinajstić information content (AvgIpc) is 2.98. The van der Waals surface area contributed by atoms with E-state index < -0.39 is 40.6 Å². The molecule has 0 aliphatic carbocycles. The second-order valence-electron chi connectivity index (χ2n) is 6.91. The molecule has 1 atom stereocenters. The number of nitrogens with one attached hydrogen (secondary N) is 2. The van der Waals surface area contributed by atoms with Gasteiger partial charge in [0.05, 0.1) is 5.69 Å². The summed E-state index contributed by atoms with van der Waals surface area (Å²) in [7, 11) is -4.06. The third kappa shape index (κ3) is 5.51. The summed E-state index contributed by atoms with van der Waals surface area (Å²) in [5.41, 5.74) is 1.48. The molecule has 2 aromatic rings. The highest BCUT2D eigenvalue weighted by atomic mass is 32.2. The molecule has 164 valence electrons. The highest BCUT2D eigenvalue weighted by Gasteiger charge is 2.36. The minimum Gasteiger partial charge on any atom is -0.487 e. The van der Waals surface area contributed by atoms with Crippen LogP contribution in [0.15, 0.2) is 48.5 Å². The number of hydrogen-bond acceptors (Lipinski definition) is 6. The van der Waals surface area contributed by atoms with E-state index in [1.807, 2.05) is 35.1 Å². The zero-order chi connectivity index (χ0) is 22.6. The molecule has 1 saturated heterocycles. The summed E-state index contributed by atoms with van der Waals surface area (Å²) in [6.45, 7) is 0.948. The minimum absolute atomic E-state index is 0.0409. The highest BCUT2D eigenvalue weighted by Crippen LogP contribution is 2.33. The molecule has 10 nitrogen and oxygen atoms in total. The Morgan fingerprint density at radius 2 is 1.90 bits per heavy atom. The maximum absolute atomic E-state index is 12.3. The number of carbonyl (C=O) groups is 3. The fourth-order valence-electron chi connectivity index (χ4n) is 3.08. The zero-order valence-electron chi connectivity index (χ0n) is 16.6. The Balaban J connectivity index is 1.93. The van der Waals surface area contributed by atoms with Crippen LogP contribution >= 0.6 is 0 Å². The second kappa shape index (κ2) is 9.04. The first-order valence-electron chi connectivity index (χ1n) is 9.28. The number of ether oxygens (including phenoxy) is 1. The summed E-state index contributed by atoms with van der Waals surface area (Å²) in [6, 6.07) is 12.5. The van der Waals surface area contributed by atoms with E-state index in [0.29, 0.717) is 5.56 Å². The monoisotopic (exact) mass is 447 g/mol. The summed E-state index contributed by atoms with van der Waals surface area (Å²) in [6.07, 6.45) is -0.0409. The van der Waals surface area contributed by atoms with Gasteiger partial charge in [0.2, 0.25) is 5.91 Å². The summed E-state index contributed by atoms with van der Waals surface area (Å²) in [4.78, 5) is 34.4. The van der Waals surface area contributed by atoms with Gasteiger partial charge in [-0.2, -0.15) is 8.42 Å². The molecule has 0 spiro atoms. The smallest absolute Gasteiger partial charge is 0.326 e. The fraction of sp³-hybridized carbons (Fsp3) is 0.250. The number of hydrogen-bond donors (Lipinski definition) is 3. The van der Waals surface area contributed by atoms with Crippen LogP contribution in [0.5, 0.6) is 5.75 Å². The Labute approximate surface area is 179 Å². The van der Waals surface area contributed by atoms with Crippen LogP contribution in [-0.4, -0.2) is 43.9 Å². The number of nitrogens with zero attached hydrogens (tertiary/aromatic N) is 1. The Kier molecular flexibility index (Phi) is 6.44. The third-order valence-electron chi connectivity index (χ3n) is 4.47. The predicted molar refractivity (Wildman–Crippen MR) is 111 cm³/mol. The quantitative estimate of drug-likeness (QED) is 0.537. The molecule has 1 aliphatic rings. The summed E-state index contributed by atoms with van der Waals surface area (Å²) < 4.78 is 33.2. The Bertz CT molecular complexity index is 1100. The molecular weight excluding hydrogens is 426 g/mol. The van der Waals surface area contributed by atoms with E-state index in [1.54, 1.807) is 0 Å². The van der Waals surface area contributed by atoms with Crippen LogP contribution in [0.2, 0.25) is 0 Å². The number of amides is 2. The van der Waals surface area contributed by atoms with Gasteiger partial charge < -0.3 is 15.2 Å². The van der Waals surface area contributed by atoms with E-state index in [-0.39, 0.29) is 24.5 Å². The molecule has 2 amide bonds. The summed E-state index contributed by atoms with van der Waals surface area (Å²) >= 11 is 0. The predicted octanol–water partition coefficient (Wildman–Crippen LogP) is 0.578. The Morgan fingerprint density at radius 1 is 1.19 bits per heavy atom. The summed E-state index contributed by atoms with van der Waals surface area (Å²) in [5.74, 6) is -2.21. The first-order chi connectivity index (χ1) is 14.7. The van der Waals surface area contributed by atoms with Gasteiger partial charge in [-0.1, -0.05) is 36.4 Å². The lowest BCUT2D eigenvalue weighted by Crippen LogP contribution is -2.41. The summed E-state index contributed by atoms with van der Waals surface area (Å²) in [5, 5.41) is 11.7. The lowest BCUT2D eigenvalue weighted by atomic mass is 10.0. The van der Waals surface area contributed by atoms with E-state index in [0.717, 1.165) is 9.87 Å². The van der Waals surface area contributed by atoms with E-state index in [1.165, 1.54) is 25.1 Å². The lowest BCUT2D eigenvalue weighted by molar-refractivity contribution is -0.141. The molecule has 0 bridgehead atoms. The zero-order valence-corrected chi connectivity index (χ0v) is 17.4. The van der Waals surface area contributed by atoms with E-state index in [4.69, 9.17) is 4.74 Å². The van der Waals surface area contributed by atoms with Gasteiger partial charge in [0.25, 0.3) is 5.91 Å². The van der Waals surface area contributed by atoms with Gasteiger partial charge in [-0.15, -0.1) is 0 Å². The van der Waals surface area contributed by atoms with Crippen molar-refractivity contribution in [2.75, 3.05) is 10.8 Å². The lowest BCUT2D eigenvalue weighted by Gasteiger charge is -2.21. The molecule has 2 aromatic carbocycles. The van der Waals surface area contributed by atoms with Crippen molar-refractivity contribution in [1.29, 1.82) is 0 Å². The maximum Gasteiger partial charge on any atom is 0.326 e. The SMILES string of the molecule is CC(=O)N[C@@H](Cc1ccc(N2CC(=O)NS2(=O)=O)c(OCc2ccccc2)c1)C(=O)O. The van der Waals surface area contributed by atoms with Crippen LogP contribution in [0.1, 0.15) is 18.1 Å². The minimum atomic E-state index is -4.06. The van der Waals surface area contributed by atoms with Crippen molar-refractivity contribution in [3.05, 3.63) is 59.7 Å². The molecule has 1 fully saturated rings. The van der Waals surface area contributed by atoms with Gasteiger partial charge in [0.15, 0.2) is 0 Å². The van der Waals surface area contributed by atoms with Gasteiger partial charge in [-0.05, 0) is 23.3 Å². The molecular formula is C20H21N3O7S. The Morgan fingerprint density at radius 3 is 2.48 bits per heavy atom. The first-order valence-corrected chi connectivity index (χ1v) is 10.7. The van der Waals surface area contributed by atoms with Crippen molar-refractivity contribution in [2.24, 2.45) is 0 Å². The van der Waals surface area contributed by atoms with Crippen LogP contribution in [-0.2, 0) is 37.6 Å². The first kappa shape index (κ1) is 22.1.